The van der Waals surface area contributed by atoms with Crippen molar-refractivity contribution in [1.82, 2.24) is 0 Å². The van der Waals surface area contributed by atoms with Gasteiger partial charge in [-0.25, -0.2) is 4.39 Å². The van der Waals surface area contributed by atoms with Gasteiger partial charge in [-0.2, -0.15) is 0 Å². The van der Waals surface area contributed by atoms with E-state index in [1.54, 1.807) is 18.2 Å². The molecule has 2 unspecified atom stereocenters. The van der Waals surface area contributed by atoms with Crippen LogP contribution >= 0.6 is 7.37 Å². The van der Waals surface area contributed by atoms with Crippen LogP contribution in [0.15, 0.2) is 78.9 Å². The Morgan fingerprint density at radius 2 is 1.55 bits per heavy atom. The van der Waals surface area contributed by atoms with Gasteiger partial charge in [-0.3, -0.25) is 4.57 Å². The number of anilines is 2. The van der Waals surface area contributed by atoms with Gasteiger partial charge in [-0.15, -0.1) is 0 Å². The fourth-order valence-electron chi connectivity index (χ4n) is 3.25. The smallest absolute Gasteiger partial charge is 0.258 e. The van der Waals surface area contributed by atoms with Crippen LogP contribution in [-0.4, -0.2) is 20.7 Å². The number of benzene rings is 3. The van der Waals surface area contributed by atoms with E-state index in [1.807, 2.05) is 87.4 Å². The van der Waals surface area contributed by atoms with Gasteiger partial charge in [0.1, 0.15) is 11.6 Å². The predicted molar refractivity (Wildman–Crippen MR) is 128 cm³/mol. The maximum Gasteiger partial charge on any atom is 0.258 e. The third-order valence-electron chi connectivity index (χ3n) is 4.94. The lowest BCUT2D eigenvalue weighted by Gasteiger charge is -2.31. The lowest BCUT2D eigenvalue weighted by atomic mass is 10.2. The molecular formula is C25H30FN2O2P. The van der Waals surface area contributed by atoms with E-state index in [2.05, 4.69) is 5.32 Å². The highest BCUT2D eigenvalue weighted by atomic mass is 31.2. The first kappa shape index (κ1) is 23.1. The molecule has 0 heterocycles. The maximum absolute atomic E-state index is 14.9. The Hall–Kier alpha value is -2.62. The van der Waals surface area contributed by atoms with Gasteiger partial charge >= 0.3 is 0 Å². The van der Waals surface area contributed by atoms with Crippen molar-refractivity contribution >= 4 is 24.0 Å². The molecule has 0 saturated carbocycles. The largest absolute Gasteiger partial charge is 0.378 e. The van der Waals surface area contributed by atoms with Crippen molar-refractivity contribution in [3.05, 3.63) is 90.2 Å². The minimum atomic E-state index is -3.57. The van der Waals surface area contributed by atoms with E-state index >= 15 is 0 Å². The fourth-order valence-corrected chi connectivity index (χ4v) is 5.83. The minimum Gasteiger partial charge on any atom is -0.378 e. The van der Waals surface area contributed by atoms with Crippen LogP contribution in [0.4, 0.5) is 15.8 Å². The summed E-state index contributed by atoms with van der Waals surface area (Å²) in [5.74, 6) is -1.12. The van der Waals surface area contributed by atoms with E-state index in [4.69, 9.17) is 4.52 Å². The molecule has 0 aliphatic heterocycles. The van der Waals surface area contributed by atoms with Gasteiger partial charge in [0.2, 0.25) is 0 Å². The van der Waals surface area contributed by atoms with Crippen molar-refractivity contribution in [2.24, 2.45) is 5.92 Å². The van der Waals surface area contributed by atoms with Gasteiger partial charge in [-0.1, -0.05) is 50.2 Å². The van der Waals surface area contributed by atoms with Gasteiger partial charge in [0, 0.05) is 36.3 Å². The van der Waals surface area contributed by atoms with E-state index in [9.17, 15) is 8.96 Å². The van der Waals surface area contributed by atoms with Crippen LogP contribution in [0.2, 0.25) is 0 Å². The number of hydrogen-bond acceptors (Lipinski definition) is 4. The monoisotopic (exact) mass is 440 g/mol. The second-order valence-corrected chi connectivity index (χ2v) is 10.6. The van der Waals surface area contributed by atoms with Crippen LogP contribution in [-0.2, 0) is 9.09 Å². The third kappa shape index (κ3) is 5.55. The molecule has 0 spiro atoms. The van der Waals surface area contributed by atoms with Crippen molar-refractivity contribution in [3.63, 3.8) is 0 Å². The third-order valence-corrected chi connectivity index (χ3v) is 7.58. The van der Waals surface area contributed by atoms with Crippen molar-refractivity contribution in [2.75, 3.05) is 30.9 Å². The lowest BCUT2D eigenvalue weighted by molar-refractivity contribution is 0.272. The average Bonchev–Trinajstić information content (AvgIpc) is 2.77. The number of halogens is 1. The summed E-state index contributed by atoms with van der Waals surface area (Å²) in [6.07, 6.45) is 0. The summed E-state index contributed by atoms with van der Waals surface area (Å²) in [4.78, 5) is 1.97. The summed E-state index contributed by atoms with van der Waals surface area (Å²) in [6, 6.07) is 23.3. The molecule has 3 rings (SSSR count). The Morgan fingerprint density at radius 1 is 0.935 bits per heavy atom. The van der Waals surface area contributed by atoms with Gasteiger partial charge in [0.15, 0.2) is 0 Å². The van der Waals surface area contributed by atoms with Crippen LogP contribution in [0.3, 0.4) is 0 Å². The summed E-state index contributed by atoms with van der Waals surface area (Å²) < 4.78 is 35.7. The number of nitrogens with one attached hydrogen (secondary N) is 1. The molecule has 0 bridgehead atoms. The number of para-hydroxylation sites is 1. The highest BCUT2D eigenvalue weighted by molar-refractivity contribution is 7.67. The number of hydrogen-bond donors (Lipinski definition) is 1. The zero-order valence-corrected chi connectivity index (χ0v) is 19.4. The van der Waals surface area contributed by atoms with Crippen molar-refractivity contribution in [3.8, 4) is 0 Å². The summed E-state index contributed by atoms with van der Waals surface area (Å²) in [7, 11) is 0.325. The SMILES string of the molecule is CC(C)COP(=O)(c1ccc(N(C)C)cc1)C(Nc1ccccc1)c1ccccc1F. The van der Waals surface area contributed by atoms with E-state index in [1.165, 1.54) is 6.07 Å². The van der Waals surface area contributed by atoms with Gasteiger partial charge < -0.3 is 14.7 Å². The first-order valence-electron chi connectivity index (χ1n) is 10.4. The Kier molecular flexibility index (Phi) is 7.53. The highest BCUT2D eigenvalue weighted by Gasteiger charge is 2.39. The Morgan fingerprint density at radius 3 is 2.13 bits per heavy atom. The van der Waals surface area contributed by atoms with Crippen LogP contribution in [0.5, 0.6) is 0 Å². The molecule has 0 saturated heterocycles. The van der Waals surface area contributed by atoms with Gasteiger partial charge in [0.25, 0.3) is 7.37 Å². The van der Waals surface area contributed by atoms with Crippen molar-refractivity contribution in [2.45, 2.75) is 19.6 Å². The van der Waals surface area contributed by atoms with E-state index < -0.39 is 19.0 Å². The molecule has 0 aromatic heterocycles. The van der Waals surface area contributed by atoms with Crippen LogP contribution in [0.1, 0.15) is 25.2 Å². The molecule has 3 aromatic carbocycles. The molecule has 164 valence electrons. The Balaban J connectivity index is 2.14. The molecule has 2 atom stereocenters. The lowest BCUT2D eigenvalue weighted by Crippen LogP contribution is -2.23. The highest BCUT2D eigenvalue weighted by Crippen LogP contribution is 2.59. The van der Waals surface area contributed by atoms with Gasteiger partial charge in [0.05, 0.1) is 6.61 Å². The predicted octanol–water partition coefficient (Wildman–Crippen LogP) is 6.28. The Bertz CT molecular complexity index is 1020. The van der Waals surface area contributed by atoms with Crippen molar-refractivity contribution in [1.29, 1.82) is 0 Å². The molecule has 3 aromatic rings. The van der Waals surface area contributed by atoms with Crippen LogP contribution in [0, 0.1) is 11.7 Å². The molecule has 0 radical (unpaired) electrons. The van der Waals surface area contributed by atoms with Crippen LogP contribution in [0.25, 0.3) is 0 Å². The standard InChI is InChI=1S/C25H30FN2O2P/c1-19(2)18-30-31(29,22-16-14-21(15-17-22)28(3)4)25(23-12-8-9-13-24(23)26)27-20-10-6-5-7-11-20/h5-17,19,25,27H,18H2,1-4H3. The molecule has 4 nitrogen and oxygen atoms in total. The van der Waals surface area contributed by atoms with E-state index in [0.717, 1.165) is 11.4 Å². The maximum atomic E-state index is 14.9. The van der Waals surface area contributed by atoms with Crippen LogP contribution < -0.4 is 15.5 Å². The Labute approximate surface area is 184 Å². The molecule has 0 aliphatic rings. The topological polar surface area (TPSA) is 41.6 Å². The average molecular weight is 440 g/mol. The van der Waals surface area contributed by atoms with Gasteiger partial charge in [-0.05, 0) is 48.4 Å². The van der Waals surface area contributed by atoms with E-state index in [-0.39, 0.29) is 5.92 Å². The summed E-state index contributed by atoms with van der Waals surface area (Å²) in [5.41, 5.74) is 2.04. The fraction of sp³-hybridized carbons (Fsp3) is 0.280. The second-order valence-electron chi connectivity index (χ2n) is 8.13. The summed E-state index contributed by atoms with van der Waals surface area (Å²) in [6.45, 7) is 4.30. The quantitative estimate of drug-likeness (QED) is 0.398. The first-order valence-corrected chi connectivity index (χ1v) is 12.1. The zero-order chi connectivity index (χ0) is 22.4. The summed E-state index contributed by atoms with van der Waals surface area (Å²) >= 11 is 0. The molecule has 6 heteroatoms. The molecule has 0 fully saturated rings. The first-order chi connectivity index (χ1) is 14.8. The summed E-state index contributed by atoms with van der Waals surface area (Å²) in [5, 5.41) is 3.85. The molecule has 0 amide bonds. The number of rotatable bonds is 9. The minimum absolute atomic E-state index is 0.173. The van der Waals surface area contributed by atoms with Crippen molar-refractivity contribution < 1.29 is 13.5 Å². The molecule has 1 N–H and O–H groups in total. The normalized spacial score (nSPS) is 14.1. The van der Waals surface area contributed by atoms with E-state index in [0.29, 0.717) is 17.5 Å². The zero-order valence-electron chi connectivity index (χ0n) is 18.5. The molecule has 0 aliphatic carbocycles. The molecule has 31 heavy (non-hydrogen) atoms. The second kappa shape index (κ2) is 10.1. The number of nitrogens with zero attached hydrogens (tertiary/aromatic N) is 1. The molecular weight excluding hydrogens is 410 g/mol.